The Morgan fingerprint density at radius 3 is 2.68 bits per heavy atom. The van der Waals surface area contributed by atoms with E-state index in [1.807, 2.05) is 0 Å². The molecule has 1 aromatic rings. The molecule has 1 aromatic heterocycles. The fraction of sp³-hybridized carbons (Fsp3) is 0.583. The molecular weight excluding hydrogens is 347 g/mol. The van der Waals surface area contributed by atoms with Gasteiger partial charge in [-0.1, -0.05) is 11.6 Å². The molecule has 124 valence electrons. The van der Waals surface area contributed by atoms with E-state index in [1.54, 1.807) is 0 Å². The third kappa shape index (κ3) is 4.55. The number of pyridine rings is 1. The Balaban J connectivity index is 2.17. The van der Waals surface area contributed by atoms with E-state index in [1.165, 1.54) is 0 Å². The SMILES string of the molecule is CS(=O)(=O)OC1CCOC(c2ncc(C(F)(F)F)cc2Cl)C1. The van der Waals surface area contributed by atoms with Gasteiger partial charge in [0.1, 0.15) is 6.10 Å². The molecule has 0 saturated carbocycles. The van der Waals surface area contributed by atoms with Crippen molar-refractivity contribution in [3.05, 3.63) is 28.5 Å². The van der Waals surface area contributed by atoms with Gasteiger partial charge in [-0.15, -0.1) is 0 Å². The zero-order chi connectivity index (χ0) is 16.5. The molecule has 10 heteroatoms. The zero-order valence-corrected chi connectivity index (χ0v) is 13.0. The van der Waals surface area contributed by atoms with Crippen LogP contribution in [0.5, 0.6) is 0 Å². The molecule has 22 heavy (non-hydrogen) atoms. The van der Waals surface area contributed by atoms with Crippen LogP contribution in [-0.2, 0) is 25.2 Å². The fourth-order valence-electron chi connectivity index (χ4n) is 2.13. The summed E-state index contributed by atoms with van der Waals surface area (Å²) in [5, 5.41) is -0.181. The minimum Gasteiger partial charge on any atom is -0.372 e. The van der Waals surface area contributed by atoms with Gasteiger partial charge in [0.25, 0.3) is 10.1 Å². The van der Waals surface area contributed by atoms with E-state index in [9.17, 15) is 21.6 Å². The van der Waals surface area contributed by atoms with Crippen molar-refractivity contribution < 1.29 is 30.5 Å². The third-order valence-electron chi connectivity index (χ3n) is 3.05. The first-order valence-corrected chi connectivity index (χ1v) is 8.48. The van der Waals surface area contributed by atoms with Crippen LogP contribution in [-0.4, -0.2) is 32.4 Å². The highest BCUT2D eigenvalue weighted by molar-refractivity contribution is 7.86. The number of nitrogens with zero attached hydrogens (tertiary/aromatic N) is 1. The number of ether oxygens (including phenoxy) is 1. The molecular formula is C12H13ClF3NO4S. The zero-order valence-electron chi connectivity index (χ0n) is 11.4. The molecule has 0 spiro atoms. The molecule has 2 unspecified atom stereocenters. The highest BCUT2D eigenvalue weighted by Gasteiger charge is 2.34. The number of hydrogen-bond acceptors (Lipinski definition) is 5. The fourth-order valence-corrected chi connectivity index (χ4v) is 3.09. The van der Waals surface area contributed by atoms with Crippen LogP contribution in [0.3, 0.4) is 0 Å². The summed E-state index contributed by atoms with van der Waals surface area (Å²) in [6.45, 7) is 0.198. The second-order valence-electron chi connectivity index (χ2n) is 4.89. The van der Waals surface area contributed by atoms with Gasteiger partial charge in [-0.25, -0.2) is 0 Å². The van der Waals surface area contributed by atoms with Crippen LogP contribution in [0.4, 0.5) is 13.2 Å². The summed E-state index contributed by atoms with van der Waals surface area (Å²) in [5.41, 5.74) is -0.822. The van der Waals surface area contributed by atoms with Crippen LogP contribution in [0, 0.1) is 0 Å². The first kappa shape index (κ1) is 17.5. The van der Waals surface area contributed by atoms with Crippen molar-refractivity contribution in [2.24, 2.45) is 0 Å². The molecule has 5 nitrogen and oxygen atoms in total. The van der Waals surface area contributed by atoms with Crippen molar-refractivity contribution in [2.75, 3.05) is 12.9 Å². The summed E-state index contributed by atoms with van der Waals surface area (Å²) >= 11 is 5.85. The first-order chi connectivity index (χ1) is 10.1. The standard InChI is InChI=1S/C12H13ClF3NO4S/c1-22(18,19)21-8-2-3-20-10(5-8)11-9(13)4-7(6-17-11)12(14,15)16/h4,6,8,10H,2-3,5H2,1H3. The van der Waals surface area contributed by atoms with Crippen molar-refractivity contribution in [3.63, 3.8) is 0 Å². The van der Waals surface area contributed by atoms with Gasteiger partial charge in [0, 0.05) is 12.6 Å². The summed E-state index contributed by atoms with van der Waals surface area (Å²) in [5.74, 6) is 0. The topological polar surface area (TPSA) is 65.5 Å². The van der Waals surface area contributed by atoms with E-state index < -0.39 is 34.1 Å². The van der Waals surface area contributed by atoms with Gasteiger partial charge in [0.05, 0.1) is 35.2 Å². The second kappa shape index (κ2) is 6.31. The van der Waals surface area contributed by atoms with Crippen LogP contribution in [0.2, 0.25) is 5.02 Å². The predicted octanol–water partition coefficient (Wildman–Crippen LogP) is 2.95. The maximum Gasteiger partial charge on any atom is 0.417 e. The van der Waals surface area contributed by atoms with Crippen LogP contribution in [0.25, 0.3) is 0 Å². The third-order valence-corrected chi connectivity index (χ3v) is 3.97. The van der Waals surface area contributed by atoms with E-state index in [0.717, 1.165) is 12.3 Å². The van der Waals surface area contributed by atoms with Gasteiger partial charge in [0.15, 0.2) is 0 Å². The molecule has 1 fully saturated rings. The predicted molar refractivity (Wildman–Crippen MR) is 71.9 cm³/mol. The van der Waals surface area contributed by atoms with Crippen LogP contribution in [0.15, 0.2) is 12.3 Å². The lowest BCUT2D eigenvalue weighted by Crippen LogP contribution is -2.28. The minimum atomic E-state index is -4.54. The molecule has 0 radical (unpaired) electrons. The van der Waals surface area contributed by atoms with Gasteiger partial charge >= 0.3 is 6.18 Å². The second-order valence-corrected chi connectivity index (χ2v) is 6.90. The Kier molecular flexibility index (Phi) is 5.00. The van der Waals surface area contributed by atoms with Gasteiger partial charge < -0.3 is 4.74 Å². The van der Waals surface area contributed by atoms with Crippen molar-refractivity contribution in [1.29, 1.82) is 0 Å². The molecule has 0 amide bonds. The molecule has 2 atom stereocenters. The maximum absolute atomic E-state index is 12.6. The molecule has 2 rings (SSSR count). The number of alkyl halides is 3. The van der Waals surface area contributed by atoms with Gasteiger partial charge in [-0.05, 0) is 12.5 Å². The monoisotopic (exact) mass is 359 g/mol. The van der Waals surface area contributed by atoms with Crippen LogP contribution < -0.4 is 0 Å². The highest BCUT2D eigenvalue weighted by Crippen LogP contribution is 2.36. The molecule has 1 saturated heterocycles. The summed E-state index contributed by atoms with van der Waals surface area (Å²) in [7, 11) is -3.62. The Bertz CT molecular complexity index is 650. The van der Waals surface area contributed by atoms with E-state index in [2.05, 4.69) is 4.98 Å². The smallest absolute Gasteiger partial charge is 0.372 e. The van der Waals surface area contributed by atoms with E-state index in [-0.39, 0.29) is 23.7 Å². The largest absolute Gasteiger partial charge is 0.417 e. The summed E-state index contributed by atoms with van der Waals surface area (Å²) in [6, 6.07) is 0.772. The molecule has 0 bridgehead atoms. The Labute approximate surface area is 130 Å². The van der Waals surface area contributed by atoms with E-state index in [0.29, 0.717) is 12.6 Å². The van der Waals surface area contributed by atoms with Crippen molar-refractivity contribution in [3.8, 4) is 0 Å². The molecule has 0 aromatic carbocycles. The van der Waals surface area contributed by atoms with Gasteiger partial charge in [0.2, 0.25) is 0 Å². The minimum absolute atomic E-state index is 0.136. The highest BCUT2D eigenvalue weighted by atomic mass is 35.5. The average Bonchev–Trinajstić information content (AvgIpc) is 2.35. The van der Waals surface area contributed by atoms with Crippen LogP contribution in [0.1, 0.15) is 30.2 Å². The molecule has 0 aliphatic carbocycles. The Morgan fingerprint density at radius 2 is 2.14 bits per heavy atom. The Hall–Kier alpha value is -0.900. The Morgan fingerprint density at radius 1 is 1.45 bits per heavy atom. The lowest BCUT2D eigenvalue weighted by Gasteiger charge is -2.28. The van der Waals surface area contributed by atoms with Crippen molar-refractivity contribution in [2.45, 2.75) is 31.2 Å². The number of hydrogen-bond donors (Lipinski definition) is 0. The summed E-state index contributed by atoms with van der Waals surface area (Å²) in [4.78, 5) is 3.72. The average molecular weight is 360 g/mol. The van der Waals surface area contributed by atoms with Crippen molar-refractivity contribution >= 4 is 21.7 Å². The maximum atomic E-state index is 12.6. The number of aromatic nitrogens is 1. The quantitative estimate of drug-likeness (QED) is 0.776. The lowest BCUT2D eigenvalue weighted by atomic mass is 10.0. The van der Waals surface area contributed by atoms with Crippen LogP contribution >= 0.6 is 11.6 Å². The van der Waals surface area contributed by atoms with E-state index in [4.69, 9.17) is 20.5 Å². The molecule has 2 heterocycles. The number of rotatable bonds is 3. The molecule has 1 aliphatic rings. The summed E-state index contributed by atoms with van der Waals surface area (Å²) < 4.78 is 70.3. The van der Waals surface area contributed by atoms with E-state index >= 15 is 0 Å². The van der Waals surface area contributed by atoms with Crippen molar-refractivity contribution in [1.82, 2.24) is 4.98 Å². The lowest BCUT2D eigenvalue weighted by molar-refractivity contribution is -0.137. The van der Waals surface area contributed by atoms with Gasteiger partial charge in [-0.2, -0.15) is 21.6 Å². The molecule has 0 N–H and O–H groups in total. The molecule has 1 aliphatic heterocycles. The normalized spacial score (nSPS) is 23.5. The summed E-state index contributed by atoms with van der Waals surface area (Å²) in [6.07, 6.45) is -3.76. The van der Waals surface area contributed by atoms with Gasteiger partial charge in [-0.3, -0.25) is 9.17 Å². The first-order valence-electron chi connectivity index (χ1n) is 6.29. The number of halogens is 4.